The Morgan fingerprint density at radius 3 is 2.73 bits per heavy atom. The van der Waals surface area contributed by atoms with E-state index in [0.717, 1.165) is 38.2 Å². The van der Waals surface area contributed by atoms with E-state index in [1.54, 1.807) is 0 Å². The lowest BCUT2D eigenvalue weighted by atomic mass is 10.1. The van der Waals surface area contributed by atoms with Gasteiger partial charge in [-0.25, -0.2) is 0 Å². The van der Waals surface area contributed by atoms with E-state index in [-0.39, 0.29) is 6.04 Å². The number of likely N-dealkylation sites (tertiary alicyclic amines) is 1. The molecule has 4 heteroatoms. The summed E-state index contributed by atoms with van der Waals surface area (Å²) in [7, 11) is 0. The summed E-state index contributed by atoms with van der Waals surface area (Å²) in [5.74, 6) is 0.974. The number of ether oxygens (including phenoxy) is 1. The number of nitrogens with two attached hydrogens (primary N) is 2. The van der Waals surface area contributed by atoms with E-state index in [0.29, 0.717) is 6.54 Å². The second kappa shape index (κ2) is 9.82. The molecule has 1 atom stereocenters. The van der Waals surface area contributed by atoms with E-state index >= 15 is 0 Å². The maximum Gasteiger partial charge on any atom is 0.119 e. The third kappa shape index (κ3) is 6.34. The van der Waals surface area contributed by atoms with Gasteiger partial charge in [-0.3, -0.25) is 4.90 Å². The molecule has 4 nitrogen and oxygen atoms in total. The Morgan fingerprint density at radius 1 is 1.14 bits per heavy atom. The number of benzene rings is 1. The minimum atomic E-state index is 0.207. The molecule has 0 aliphatic carbocycles. The Bertz CT molecular complexity index is 419. The lowest BCUT2D eigenvalue weighted by Crippen LogP contribution is -2.29. The van der Waals surface area contributed by atoms with Crippen molar-refractivity contribution >= 4 is 0 Å². The first-order valence-corrected chi connectivity index (χ1v) is 8.67. The van der Waals surface area contributed by atoms with Crippen molar-refractivity contribution in [3.05, 3.63) is 29.8 Å². The molecule has 0 amide bonds. The molecule has 1 heterocycles. The van der Waals surface area contributed by atoms with Crippen LogP contribution < -0.4 is 16.2 Å². The number of hydrogen-bond donors (Lipinski definition) is 2. The van der Waals surface area contributed by atoms with Crippen molar-refractivity contribution in [2.45, 2.75) is 51.1 Å². The molecule has 1 saturated heterocycles. The summed E-state index contributed by atoms with van der Waals surface area (Å²) in [6.07, 6.45) is 6.90. The second-order valence-electron chi connectivity index (χ2n) is 6.31. The molecule has 1 unspecified atom stereocenters. The van der Waals surface area contributed by atoms with Crippen LogP contribution in [-0.4, -0.2) is 37.2 Å². The van der Waals surface area contributed by atoms with Gasteiger partial charge in [0, 0.05) is 12.6 Å². The number of piperidine rings is 1. The highest BCUT2D eigenvalue weighted by molar-refractivity contribution is 5.28. The molecule has 0 spiro atoms. The third-order valence-corrected chi connectivity index (χ3v) is 4.28. The zero-order chi connectivity index (χ0) is 15.6. The molecular weight excluding hydrogens is 274 g/mol. The minimum Gasteiger partial charge on any atom is -0.494 e. The Labute approximate surface area is 134 Å². The smallest absolute Gasteiger partial charge is 0.119 e. The van der Waals surface area contributed by atoms with Crippen LogP contribution in [0.2, 0.25) is 0 Å². The Hall–Kier alpha value is -1.10. The molecule has 22 heavy (non-hydrogen) atoms. The Balaban J connectivity index is 1.71. The van der Waals surface area contributed by atoms with Crippen molar-refractivity contribution in [1.29, 1.82) is 0 Å². The molecule has 2 rings (SSSR count). The molecule has 0 saturated carbocycles. The molecule has 0 aromatic heterocycles. The number of hydrogen-bond acceptors (Lipinski definition) is 4. The zero-order valence-corrected chi connectivity index (χ0v) is 13.7. The first-order chi connectivity index (χ1) is 10.8. The van der Waals surface area contributed by atoms with Crippen molar-refractivity contribution in [3.63, 3.8) is 0 Å². The van der Waals surface area contributed by atoms with Crippen LogP contribution in [0.5, 0.6) is 5.75 Å². The van der Waals surface area contributed by atoms with E-state index in [1.165, 1.54) is 37.9 Å². The first kappa shape index (κ1) is 17.3. The summed E-state index contributed by atoms with van der Waals surface area (Å²) in [6.45, 7) is 4.89. The van der Waals surface area contributed by atoms with Crippen molar-refractivity contribution < 1.29 is 4.74 Å². The fourth-order valence-corrected chi connectivity index (χ4v) is 3.00. The standard InChI is InChI=1S/C18H31N3O/c19-10-9-17(20)7-5-13-22-18-8-4-6-16(14-18)15-21-11-2-1-3-12-21/h4,6,8,14,17H,1-3,5,7,9-13,15,19-20H2. The average molecular weight is 305 g/mol. The topological polar surface area (TPSA) is 64.5 Å². The molecule has 4 N–H and O–H groups in total. The van der Waals surface area contributed by atoms with Gasteiger partial charge < -0.3 is 16.2 Å². The van der Waals surface area contributed by atoms with Crippen LogP contribution in [0.25, 0.3) is 0 Å². The third-order valence-electron chi connectivity index (χ3n) is 4.28. The summed E-state index contributed by atoms with van der Waals surface area (Å²) in [5.41, 5.74) is 12.8. The lowest BCUT2D eigenvalue weighted by Gasteiger charge is -2.26. The van der Waals surface area contributed by atoms with E-state index in [1.807, 2.05) is 6.07 Å². The monoisotopic (exact) mass is 305 g/mol. The average Bonchev–Trinajstić information content (AvgIpc) is 2.53. The lowest BCUT2D eigenvalue weighted by molar-refractivity contribution is 0.220. The van der Waals surface area contributed by atoms with E-state index in [4.69, 9.17) is 16.2 Å². The summed E-state index contributed by atoms with van der Waals surface area (Å²) in [4.78, 5) is 2.54. The van der Waals surface area contributed by atoms with Crippen LogP contribution in [0.4, 0.5) is 0 Å². The van der Waals surface area contributed by atoms with E-state index in [9.17, 15) is 0 Å². The molecular formula is C18H31N3O. The van der Waals surface area contributed by atoms with Gasteiger partial charge in [-0.15, -0.1) is 0 Å². The van der Waals surface area contributed by atoms with Gasteiger partial charge in [-0.05, 0) is 69.4 Å². The normalized spacial score (nSPS) is 17.4. The van der Waals surface area contributed by atoms with Gasteiger partial charge in [-0.2, -0.15) is 0 Å². The van der Waals surface area contributed by atoms with Crippen LogP contribution in [0.3, 0.4) is 0 Å². The summed E-state index contributed by atoms with van der Waals surface area (Å²) < 4.78 is 5.86. The zero-order valence-electron chi connectivity index (χ0n) is 13.7. The van der Waals surface area contributed by atoms with Crippen LogP contribution in [0.1, 0.15) is 44.1 Å². The van der Waals surface area contributed by atoms with E-state index in [2.05, 4.69) is 23.1 Å². The van der Waals surface area contributed by atoms with Gasteiger partial charge in [0.15, 0.2) is 0 Å². The van der Waals surface area contributed by atoms with Gasteiger partial charge in [0.1, 0.15) is 5.75 Å². The highest BCUT2D eigenvalue weighted by atomic mass is 16.5. The highest BCUT2D eigenvalue weighted by Crippen LogP contribution is 2.18. The van der Waals surface area contributed by atoms with Crippen molar-refractivity contribution in [3.8, 4) is 5.75 Å². The molecule has 1 aliphatic rings. The van der Waals surface area contributed by atoms with Crippen molar-refractivity contribution in [1.82, 2.24) is 4.90 Å². The molecule has 0 radical (unpaired) electrons. The largest absolute Gasteiger partial charge is 0.494 e. The molecule has 124 valence electrons. The second-order valence-corrected chi connectivity index (χ2v) is 6.31. The van der Waals surface area contributed by atoms with Gasteiger partial charge in [0.2, 0.25) is 0 Å². The van der Waals surface area contributed by atoms with E-state index < -0.39 is 0 Å². The summed E-state index contributed by atoms with van der Waals surface area (Å²) in [6, 6.07) is 8.71. The molecule has 1 fully saturated rings. The van der Waals surface area contributed by atoms with Crippen molar-refractivity contribution in [2.75, 3.05) is 26.2 Å². The quantitative estimate of drug-likeness (QED) is 0.688. The SMILES string of the molecule is NCCC(N)CCCOc1cccc(CN2CCCCC2)c1. The fourth-order valence-electron chi connectivity index (χ4n) is 3.00. The highest BCUT2D eigenvalue weighted by Gasteiger charge is 2.10. The maximum atomic E-state index is 5.95. The number of nitrogens with zero attached hydrogens (tertiary/aromatic N) is 1. The van der Waals surface area contributed by atoms with Gasteiger partial charge in [0.05, 0.1) is 6.61 Å². The minimum absolute atomic E-state index is 0.207. The summed E-state index contributed by atoms with van der Waals surface area (Å²) >= 11 is 0. The van der Waals surface area contributed by atoms with Gasteiger partial charge >= 0.3 is 0 Å². The fraction of sp³-hybridized carbons (Fsp3) is 0.667. The Kier molecular flexibility index (Phi) is 7.71. The Morgan fingerprint density at radius 2 is 1.95 bits per heavy atom. The van der Waals surface area contributed by atoms with Crippen LogP contribution in [0.15, 0.2) is 24.3 Å². The van der Waals surface area contributed by atoms with Gasteiger partial charge in [0.25, 0.3) is 0 Å². The molecule has 1 aliphatic heterocycles. The predicted molar refractivity (Wildman–Crippen MR) is 91.9 cm³/mol. The van der Waals surface area contributed by atoms with Crippen molar-refractivity contribution in [2.24, 2.45) is 11.5 Å². The molecule has 0 bridgehead atoms. The van der Waals surface area contributed by atoms with Crippen LogP contribution in [-0.2, 0) is 6.54 Å². The maximum absolute atomic E-state index is 5.95. The van der Waals surface area contributed by atoms with Crippen LogP contribution >= 0.6 is 0 Å². The predicted octanol–water partition coefficient (Wildman–Crippen LogP) is 2.51. The van der Waals surface area contributed by atoms with Crippen LogP contribution in [0, 0.1) is 0 Å². The molecule has 1 aromatic carbocycles. The molecule has 1 aromatic rings. The summed E-state index contributed by atoms with van der Waals surface area (Å²) in [5, 5.41) is 0. The van der Waals surface area contributed by atoms with Gasteiger partial charge in [-0.1, -0.05) is 18.6 Å². The first-order valence-electron chi connectivity index (χ1n) is 8.67. The number of rotatable bonds is 9.